The summed E-state index contributed by atoms with van der Waals surface area (Å²) in [5.41, 5.74) is 0. The van der Waals surface area contributed by atoms with Crippen molar-refractivity contribution >= 4 is 13.2 Å². The Labute approximate surface area is 54.5 Å². The van der Waals surface area contributed by atoms with Gasteiger partial charge in [-0.1, -0.05) is 0 Å². The predicted octanol–water partition coefficient (Wildman–Crippen LogP) is 0.866. The van der Waals surface area contributed by atoms with Crippen LogP contribution >= 0.6 is 7.37 Å². The highest BCUT2D eigenvalue weighted by Crippen LogP contribution is 2.35. The van der Waals surface area contributed by atoms with Gasteiger partial charge in [0, 0.05) is 19.2 Å². The van der Waals surface area contributed by atoms with Crippen LogP contribution in [0.5, 0.6) is 0 Å². The summed E-state index contributed by atoms with van der Waals surface area (Å²) in [6.45, 7) is 2.67. The van der Waals surface area contributed by atoms with Gasteiger partial charge in [-0.3, -0.25) is 4.57 Å². The second-order valence-corrected chi connectivity index (χ2v) is 4.78. The highest BCUT2D eigenvalue weighted by molar-refractivity contribution is 7.57. The van der Waals surface area contributed by atoms with E-state index < -0.39 is 7.37 Å². The molecule has 0 aliphatic carbocycles. The summed E-state index contributed by atoms with van der Waals surface area (Å²) in [7, 11) is -2.94. The Morgan fingerprint density at radius 1 is 1.67 bits per heavy atom. The monoisotopic (exact) mass is 150 g/mol. The maximum Gasteiger partial charge on any atom is 0.198 e. The number of hydrogen-bond donors (Lipinski definition) is 1. The normalized spacial score (nSPS) is 16.8. The van der Waals surface area contributed by atoms with Crippen LogP contribution in [0, 0.1) is 0 Å². The van der Waals surface area contributed by atoms with E-state index in [9.17, 15) is 9.36 Å². The van der Waals surface area contributed by atoms with Crippen molar-refractivity contribution in [3.05, 3.63) is 0 Å². The predicted molar refractivity (Wildman–Crippen MR) is 35.9 cm³/mol. The average molecular weight is 150 g/mol. The Hall–Kier alpha value is -0.140. The number of carbonyl (C=O) groups excluding carboxylic acids is 1. The lowest BCUT2D eigenvalue weighted by atomic mass is 10.4. The van der Waals surface area contributed by atoms with Crippen LogP contribution in [0.25, 0.3) is 0 Å². The third-order valence-corrected chi connectivity index (χ3v) is 1.93. The van der Waals surface area contributed by atoms with Crippen molar-refractivity contribution in [2.24, 2.45) is 0 Å². The van der Waals surface area contributed by atoms with Crippen LogP contribution < -0.4 is 0 Å². The van der Waals surface area contributed by atoms with Gasteiger partial charge in [-0.05, 0) is 6.92 Å². The molecule has 4 heteroatoms. The Kier molecular flexibility index (Phi) is 3.09. The minimum atomic E-state index is -2.94. The lowest BCUT2D eigenvalue weighted by Gasteiger charge is -2.00. The molecule has 0 aromatic rings. The van der Waals surface area contributed by atoms with Crippen LogP contribution in [0.2, 0.25) is 0 Å². The van der Waals surface area contributed by atoms with E-state index in [2.05, 4.69) is 0 Å². The van der Waals surface area contributed by atoms with E-state index in [0.717, 1.165) is 0 Å². The molecule has 0 saturated carbocycles. The van der Waals surface area contributed by atoms with Crippen LogP contribution in [-0.4, -0.2) is 23.5 Å². The molecule has 0 bridgehead atoms. The first-order chi connectivity index (χ1) is 3.92. The summed E-state index contributed by atoms with van der Waals surface area (Å²) in [6.07, 6.45) is 0.326. The molecule has 1 atom stereocenters. The van der Waals surface area contributed by atoms with Crippen LogP contribution in [-0.2, 0) is 9.36 Å². The maximum absolute atomic E-state index is 10.5. The molecule has 9 heavy (non-hydrogen) atoms. The Morgan fingerprint density at radius 2 is 2.11 bits per heavy atom. The van der Waals surface area contributed by atoms with Gasteiger partial charge in [0.1, 0.15) is 5.78 Å². The van der Waals surface area contributed by atoms with Crippen LogP contribution in [0.15, 0.2) is 0 Å². The molecular weight excluding hydrogens is 139 g/mol. The molecule has 3 nitrogen and oxygen atoms in total. The molecule has 0 aliphatic rings. The van der Waals surface area contributed by atoms with Gasteiger partial charge < -0.3 is 9.69 Å². The van der Waals surface area contributed by atoms with Crippen molar-refractivity contribution in [2.45, 2.75) is 13.3 Å². The number of Topliss-reactive ketones (excluding diaryl/α,β-unsaturated/α-hetero) is 1. The molecule has 0 radical (unpaired) electrons. The van der Waals surface area contributed by atoms with E-state index in [1.165, 1.54) is 13.6 Å². The highest BCUT2D eigenvalue weighted by Gasteiger charge is 2.09. The SMILES string of the molecule is CC(=O)CCP(C)(=O)O. The lowest BCUT2D eigenvalue weighted by Crippen LogP contribution is -1.95. The molecule has 54 valence electrons. The molecule has 0 rings (SSSR count). The van der Waals surface area contributed by atoms with E-state index in [-0.39, 0.29) is 18.4 Å². The second-order valence-electron chi connectivity index (χ2n) is 2.23. The molecule has 1 N–H and O–H groups in total. The summed E-state index contributed by atoms with van der Waals surface area (Å²) in [6, 6.07) is 0. The van der Waals surface area contributed by atoms with Crippen molar-refractivity contribution < 1.29 is 14.3 Å². The standard InChI is InChI=1S/C5H11O3P/c1-5(6)3-4-9(2,7)8/h3-4H2,1-2H3,(H,7,8). The van der Waals surface area contributed by atoms with Crippen LogP contribution in [0.3, 0.4) is 0 Å². The number of rotatable bonds is 3. The lowest BCUT2D eigenvalue weighted by molar-refractivity contribution is -0.116. The van der Waals surface area contributed by atoms with Crippen molar-refractivity contribution in [2.75, 3.05) is 12.8 Å². The van der Waals surface area contributed by atoms with E-state index in [1.807, 2.05) is 0 Å². The fourth-order valence-electron chi connectivity index (χ4n) is 0.365. The minimum absolute atomic E-state index is 0.0360. The Morgan fingerprint density at radius 3 is 2.22 bits per heavy atom. The van der Waals surface area contributed by atoms with Crippen molar-refractivity contribution in [1.82, 2.24) is 0 Å². The van der Waals surface area contributed by atoms with Crippen molar-refractivity contribution in [3.63, 3.8) is 0 Å². The molecule has 0 aliphatic heterocycles. The Balaban J connectivity index is 3.53. The Bertz CT molecular complexity index is 146. The first kappa shape index (κ1) is 8.86. The fraction of sp³-hybridized carbons (Fsp3) is 0.800. The average Bonchev–Trinajstić information content (AvgIpc) is 1.59. The number of carbonyl (C=O) groups is 1. The first-order valence-corrected chi connectivity index (χ1v) is 5.00. The minimum Gasteiger partial charge on any atom is -0.344 e. The summed E-state index contributed by atoms with van der Waals surface area (Å²) in [5.74, 6) is -0.0360. The zero-order valence-electron chi connectivity index (χ0n) is 5.63. The van der Waals surface area contributed by atoms with E-state index in [0.29, 0.717) is 0 Å². The largest absolute Gasteiger partial charge is 0.344 e. The van der Waals surface area contributed by atoms with E-state index >= 15 is 0 Å². The third-order valence-electron chi connectivity index (χ3n) is 0.879. The maximum atomic E-state index is 10.5. The zero-order valence-corrected chi connectivity index (χ0v) is 6.52. The molecule has 0 saturated heterocycles. The van der Waals surface area contributed by atoms with E-state index in [4.69, 9.17) is 4.89 Å². The van der Waals surface area contributed by atoms with Crippen molar-refractivity contribution in [1.29, 1.82) is 0 Å². The molecule has 0 aromatic carbocycles. The summed E-state index contributed by atoms with van der Waals surface area (Å²) >= 11 is 0. The number of hydrogen-bond acceptors (Lipinski definition) is 2. The zero-order chi connectivity index (χ0) is 7.49. The van der Waals surface area contributed by atoms with Gasteiger partial charge in [-0.25, -0.2) is 0 Å². The molecule has 0 fully saturated rings. The molecule has 0 spiro atoms. The quantitative estimate of drug-likeness (QED) is 0.607. The smallest absolute Gasteiger partial charge is 0.198 e. The van der Waals surface area contributed by atoms with Gasteiger partial charge in [0.25, 0.3) is 0 Å². The molecule has 1 unspecified atom stereocenters. The van der Waals surface area contributed by atoms with Crippen LogP contribution in [0.1, 0.15) is 13.3 Å². The molecule has 0 aromatic heterocycles. The number of ketones is 1. The summed E-state index contributed by atoms with van der Waals surface area (Å²) in [4.78, 5) is 18.9. The van der Waals surface area contributed by atoms with E-state index in [1.54, 1.807) is 0 Å². The topological polar surface area (TPSA) is 54.4 Å². The van der Waals surface area contributed by atoms with Gasteiger partial charge in [0.15, 0.2) is 7.37 Å². The third kappa shape index (κ3) is 7.86. The summed E-state index contributed by atoms with van der Waals surface area (Å²) in [5, 5.41) is 0. The van der Waals surface area contributed by atoms with Gasteiger partial charge in [0.05, 0.1) is 0 Å². The first-order valence-electron chi connectivity index (χ1n) is 2.70. The van der Waals surface area contributed by atoms with Gasteiger partial charge in [-0.15, -0.1) is 0 Å². The van der Waals surface area contributed by atoms with Gasteiger partial charge in [0.2, 0.25) is 0 Å². The second kappa shape index (κ2) is 3.14. The fourth-order valence-corrected chi connectivity index (χ4v) is 1.09. The molecular formula is C5H11O3P. The summed E-state index contributed by atoms with van der Waals surface area (Å²) < 4.78 is 10.5. The van der Waals surface area contributed by atoms with Gasteiger partial charge in [-0.2, -0.15) is 0 Å². The van der Waals surface area contributed by atoms with Crippen LogP contribution in [0.4, 0.5) is 0 Å². The van der Waals surface area contributed by atoms with Crippen molar-refractivity contribution in [3.8, 4) is 0 Å². The highest BCUT2D eigenvalue weighted by atomic mass is 31.2. The molecule has 0 heterocycles. The van der Waals surface area contributed by atoms with Gasteiger partial charge >= 0.3 is 0 Å². The molecule has 0 amide bonds.